The summed E-state index contributed by atoms with van der Waals surface area (Å²) in [6.45, 7) is 4.08. The molecule has 0 atom stereocenters. The van der Waals surface area contributed by atoms with Crippen molar-refractivity contribution in [3.05, 3.63) is 57.6 Å². The van der Waals surface area contributed by atoms with Gasteiger partial charge in [-0.25, -0.2) is 8.42 Å². The molecule has 0 saturated carbocycles. The lowest BCUT2D eigenvalue weighted by molar-refractivity contribution is -0.119. The van der Waals surface area contributed by atoms with Gasteiger partial charge in [0.2, 0.25) is 15.9 Å². The number of aryl methyl sites for hydroxylation is 2. The highest BCUT2D eigenvalue weighted by Crippen LogP contribution is 2.28. The summed E-state index contributed by atoms with van der Waals surface area (Å²) in [6.07, 6.45) is 1.02. The van der Waals surface area contributed by atoms with Crippen molar-refractivity contribution in [2.24, 2.45) is 0 Å². The van der Waals surface area contributed by atoms with E-state index in [0.717, 1.165) is 27.4 Å². The largest absolute Gasteiger partial charge is 0.491 e. The van der Waals surface area contributed by atoms with Crippen molar-refractivity contribution in [3.63, 3.8) is 0 Å². The molecule has 2 rings (SSSR count). The van der Waals surface area contributed by atoms with Crippen LogP contribution in [-0.2, 0) is 14.8 Å². The van der Waals surface area contributed by atoms with Gasteiger partial charge in [0.1, 0.15) is 18.9 Å². The van der Waals surface area contributed by atoms with Gasteiger partial charge in [0.25, 0.3) is 0 Å². The van der Waals surface area contributed by atoms with E-state index in [-0.39, 0.29) is 30.4 Å². The van der Waals surface area contributed by atoms with E-state index in [9.17, 15) is 13.2 Å². The third kappa shape index (κ3) is 6.29. The topological polar surface area (TPSA) is 75.7 Å². The van der Waals surface area contributed by atoms with Gasteiger partial charge in [0.15, 0.2) is 0 Å². The zero-order valence-electron chi connectivity index (χ0n) is 15.8. The number of rotatable bonds is 8. The van der Waals surface area contributed by atoms with Gasteiger partial charge in [-0.05, 0) is 43.7 Å². The molecular weight excluding hydrogens is 423 g/mol. The van der Waals surface area contributed by atoms with Crippen LogP contribution in [0.5, 0.6) is 5.75 Å². The summed E-state index contributed by atoms with van der Waals surface area (Å²) >= 11 is 11.8. The van der Waals surface area contributed by atoms with Crippen LogP contribution in [-0.4, -0.2) is 40.3 Å². The molecule has 1 N–H and O–H groups in total. The highest BCUT2D eigenvalue weighted by Gasteiger charge is 2.21. The van der Waals surface area contributed by atoms with Gasteiger partial charge in [-0.15, -0.1) is 0 Å². The Balaban J connectivity index is 1.94. The number of amides is 1. The molecule has 0 aliphatic rings. The van der Waals surface area contributed by atoms with E-state index in [1.807, 2.05) is 32.0 Å². The van der Waals surface area contributed by atoms with Crippen LogP contribution >= 0.6 is 23.2 Å². The number of anilines is 1. The van der Waals surface area contributed by atoms with Crippen LogP contribution in [0.4, 0.5) is 5.69 Å². The molecule has 0 radical (unpaired) electrons. The van der Waals surface area contributed by atoms with Gasteiger partial charge >= 0.3 is 0 Å². The summed E-state index contributed by atoms with van der Waals surface area (Å²) < 4.78 is 30.8. The number of sulfonamides is 1. The molecule has 2 aromatic carbocycles. The van der Waals surface area contributed by atoms with Crippen molar-refractivity contribution in [2.75, 3.05) is 30.3 Å². The van der Waals surface area contributed by atoms with Crippen molar-refractivity contribution in [1.82, 2.24) is 5.32 Å². The molecule has 0 fully saturated rings. The van der Waals surface area contributed by atoms with Gasteiger partial charge in [-0.3, -0.25) is 9.10 Å². The smallest absolute Gasteiger partial charge is 0.240 e. The molecule has 0 aliphatic carbocycles. The number of nitrogens with one attached hydrogen (secondary N) is 1. The summed E-state index contributed by atoms with van der Waals surface area (Å²) in [6, 6.07) is 10.2. The average molecular weight is 445 g/mol. The van der Waals surface area contributed by atoms with Crippen LogP contribution in [0.1, 0.15) is 11.1 Å². The van der Waals surface area contributed by atoms with Gasteiger partial charge in [-0.2, -0.15) is 0 Å². The van der Waals surface area contributed by atoms with E-state index in [1.54, 1.807) is 0 Å². The number of ether oxygens (including phenoxy) is 1. The minimum absolute atomic E-state index is 0.204. The summed E-state index contributed by atoms with van der Waals surface area (Å²) in [5, 5.41) is 3.15. The average Bonchev–Trinajstić information content (AvgIpc) is 2.59. The molecule has 0 saturated heterocycles. The van der Waals surface area contributed by atoms with E-state index in [2.05, 4.69) is 5.32 Å². The first kappa shape index (κ1) is 22.3. The van der Waals surface area contributed by atoms with Gasteiger partial charge < -0.3 is 10.1 Å². The van der Waals surface area contributed by atoms with E-state index in [4.69, 9.17) is 27.9 Å². The number of nitrogens with zero attached hydrogens (tertiary/aromatic N) is 1. The maximum atomic E-state index is 12.2. The Morgan fingerprint density at radius 3 is 2.43 bits per heavy atom. The van der Waals surface area contributed by atoms with Crippen LogP contribution in [0.15, 0.2) is 36.4 Å². The van der Waals surface area contributed by atoms with Crippen LogP contribution in [0.2, 0.25) is 10.0 Å². The molecule has 0 unspecified atom stereocenters. The molecule has 6 nitrogen and oxygen atoms in total. The predicted octanol–water partition coefficient (Wildman–Crippen LogP) is 3.57. The lowest BCUT2D eigenvalue weighted by Gasteiger charge is -2.22. The zero-order chi connectivity index (χ0) is 20.9. The second-order valence-electron chi connectivity index (χ2n) is 6.34. The normalized spacial score (nSPS) is 11.2. The monoisotopic (exact) mass is 444 g/mol. The fourth-order valence-electron chi connectivity index (χ4n) is 2.54. The summed E-state index contributed by atoms with van der Waals surface area (Å²) in [5.41, 5.74) is 2.41. The zero-order valence-corrected chi connectivity index (χ0v) is 18.2. The van der Waals surface area contributed by atoms with Crippen molar-refractivity contribution in [2.45, 2.75) is 13.8 Å². The Hall–Kier alpha value is -1.96. The van der Waals surface area contributed by atoms with Crippen LogP contribution in [0.3, 0.4) is 0 Å². The third-order valence-electron chi connectivity index (χ3n) is 3.89. The molecule has 1 amide bonds. The Bertz CT molecular complexity index is 964. The number of halogens is 2. The van der Waals surface area contributed by atoms with E-state index < -0.39 is 15.9 Å². The number of hydrogen-bond acceptors (Lipinski definition) is 4. The number of hydrogen-bond donors (Lipinski definition) is 1. The Morgan fingerprint density at radius 1 is 1.11 bits per heavy atom. The lowest BCUT2D eigenvalue weighted by Crippen LogP contribution is -2.41. The molecule has 9 heteroatoms. The van der Waals surface area contributed by atoms with Crippen molar-refractivity contribution in [3.8, 4) is 5.75 Å². The Morgan fingerprint density at radius 2 is 1.82 bits per heavy atom. The van der Waals surface area contributed by atoms with Crippen molar-refractivity contribution >= 4 is 44.8 Å². The summed E-state index contributed by atoms with van der Waals surface area (Å²) in [7, 11) is -3.69. The van der Waals surface area contributed by atoms with Gasteiger partial charge in [0, 0.05) is 0 Å². The second kappa shape index (κ2) is 9.49. The first-order valence-corrected chi connectivity index (χ1v) is 11.1. The molecule has 0 aromatic heterocycles. The summed E-state index contributed by atoms with van der Waals surface area (Å²) in [5.74, 6) is 0.286. The van der Waals surface area contributed by atoms with E-state index in [0.29, 0.717) is 5.02 Å². The lowest BCUT2D eigenvalue weighted by atomic mass is 10.1. The summed E-state index contributed by atoms with van der Waals surface area (Å²) in [4.78, 5) is 12.2. The quantitative estimate of drug-likeness (QED) is 0.631. The van der Waals surface area contributed by atoms with Crippen LogP contribution in [0.25, 0.3) is 0 Å². The Labute approximate surface area is 175 Å². The maximum absolute atomic E-state index is 12.2. The maximum Gasteiger partial charge on any atom is 0.240 e. The fourth-order valence-corrected chi connectivity index (χ4v) is 3.68. The molecule has 0 spiro atoms. The standard InChI is InChI=1S/C19H22Cl2N2O4S/c1-13-4-7-18(14(2)10-13)27-9-8-22-19(24)12-23(28(3,25)26)15-5-6-16(20)17(21)11-15/h4-7,10-11H,8-9,12H2,1-3H3,(H,22,24). The second-order valence-corrected chi connectivity index (χ2v) is 9.06. The minimum Gasteiger partial charge on any atom is -0.491 e. The molecule has 0 bridgehead atoms. The number of carbonyl (C=O) groups is 1. The van der Waals surface area contributed by atoms with Gasteiger partial charge in [-0.1, -0.05) is 40.9 Å². The van der Waals surface area contributed by atoms with Crippen LogP contribution < -0.4 is 14.4 Å². The first-order chi connectivity index (χ1) is 13.1. The van der Waals surface area contributed by atoms with Crippen LogP contribution in [0, 0.1) is 13.8 Å². The molecule has 0 aliphatic heterocycles. The molecule has 28 heavy (non-hydrogen) atoms. The highest BCUT2D eigenvalue weighted by molar-refractivity contribution is 7.92. The van der Waals surface area contributed by atoms with E-state index >= 15 is 0 Å². The van der Waals surface area contributed by atoms with E-state index in [1.165, 1.54) is 18.2 Å². The SMILES string of the molecule is Cc1ccc(OCCNC(=O)CN(c2ccc(Cl)c(Cl)c2)S(C)(=O)=O)c(C)c1. The minimum atomic E-state index is -3.69. The Kier molecular flexibility index (Phi) is 7.57. The van der Waals surface area contributed by atoms with Crippen molar-refractivity contribution in [1.29, 1.82) is 0 Å². The molecule has 2 aromatic rings. The molecule has 152 valence electrons. The highest BCUT2D eigenvalue weighted by atomic mass is 35.5. The van der Waals surface area contributed by atoms with Gasteiger partial charge in [0.05, 0.1) is 28.5 Å². The molecular formula is C19H22Cl2N2O4S. The number of benzene rings is 2. The molecule has 0 heterocycles. The number of carbonyl (C=O) groups excluding carboxylic acids is 1. The predicted molar refractivity (Wildman–Crippen MR) is 113 cm³/mol. The fraction of sp³-hybridized carbons (Fsp3) is 0.316. The third-order valence-corrected chi connectivity index (χ3v) is 5.77. The van der Waals surface area contributed by atoms with Crippen molar-refractivity contribution < 1.29 is 17.9 Å². The first-order valence-electron chi connectivity index (χ1n) is 8.47.